The zero-order chi connectivity index (χ0) is 17.6. The maximum atomic E-state index is 5.77. The maximum Gasteiger partial charge on any atom is 0.226 e. The van der Waals surface area contributed by atoms with Crippen LogP contribution in [0, 0.1) is 5.92 Å². The van der Waals surface area contributed by atoms with Crippen molar-refractivity contribution in [1.82, 2.24) is 15.5 Å². The molecule has 0 spiro atoms. The van der Waals surface area contributed by atoms with Gasteiger partial charge in [0.15, 0.2) is 0 Å². The number of ether oxygens (including phenoxy) is 1. The number of hydrogen-bond acceptors (Lipinski definition) is 5. The summed E-state index contributed by atoms with van der Waals surface area (Å²) in [6.07, 6.45) is 3.19. The second-order valence-corrected chi connectivity index (χ2v) is 6.71. The SMILES string of the molecule is Cl.c1ccc(OCc2ccc(-c3noc(CCC4CCNC4)n3)cc2)cc1. The molecule has 6 heteroatoms. The molecule has 0 amide bonds. The van der Waals surface area contributed by atoms with E-state index in [9.17, 15) is 0 Å². The number of nitrogens with one attached hydrogen (secondary N) is 1. The number of aryl methyl sites for hydroxylation is 1. The summed E-state index contributed by atoms with van der Waals surface area (Å²) in [5, 5.41) is 7.51. The minimum Gasteiger partial charge on any atom is -0.489 e. The van der Waals surface area contributed by atoms with E-state index in [0.717, 1.165) is 54.6 Å². The summed E-state index contributed by atoms with van der Waals surface area (Å²) in [6.45, 7) is 2.77. The average Bonchev–Trinajstić information content (AvgIpc) is 3.38. The number of aromatic nitrogens is 2. The van der Waals surface area contributed by atoms with Gasteiger partial charge >= 0.3 is 0 Å². The number of nitrogens with zero attached hydrogens (tertiary/aromatic N) is 2. The molecule has 5 nitrogen and oxygen atoms in total. The summed E-state index contributed by atoms with van der Waals surface area (Å²) in [4.78, 5) is 4.54. The first-order valence-electron chi connectivity index (χ1n) is 9.17. The normalized spacial score (nSPS) is 16.1. The molecule has 3 aromatic rings. The molecule has 4 rings (SSSR count). The molecule has 1 aliphatic rings. The lowest BCUT2D eigenvalue weighted by Gasteiger charge is -2.06. The highest BCUT2D eigenvalue weighted by Crippen LogP contribution is 2.20. The van der Waals surface area contributed by atoms with E-state index >= 15 is 0 Å². The molecule has 142 valence electrons. The third kappa shape index (κ3) is 5.31. The van der Waals surface area contributed by atoms with Crippen molar-refractivity contribution in [3.63, 3.8) is 0 Å². The van der Waals surface area contributed by atoms with Gasteiger partial charge in [0.1, 0.15) is 12.4 Å². The molecule has 2 aromatic carbocycles. The van der Waals surface area contributed by atoms with Crippen LogP contribution in [0.15, 0.2) is 59.1 Å². The fraction of sp³-hybridized carbons (Fsp3) is 0.333. The van der Waals surface area contributed by atoms with Crippen LogP contribution in [-0.4, -0.2) is 23.2 Å². The molecule has 0 saturated carbocycles. The molecular formula is C21H24ClN3O2. The Morgan fingerprint density at radius 3 is 2.63 bits per heavy atom. The zero-order valence-corrected chi connectivity index (χ0v) is 16.0. The van der Waals surface area contributed by atoms with Gasteiger partial charge in [-0.05, 0) is 49.5 Å². The van der Waals surface area contributed by atoms with Gasteiger partial charge in [-0.15, -0.1) is 12.4 Å². The summed E-state index contributed by atoms with van der Waals surface area (Å²) < 4.78 is 11.2. The lowest BCUT2D eigenvalue weighted by molar-refractivity contribution is 0.306. The highest BCUT2D eigenvalue weighted by atomic mass is 35.5. The van der Waals surface area contributed by atoms with Crippen molar-refractivity contribution in [2.24, 2.45) is 5.92 Å². The summed E-state index contributed by atoms with van der Waals surface area (Å²) in [5.74, 6) is 2.98. The number of halogens is 1. The van der Waals surface area contributed by atoms with Gasteiger partial charge in [0.05, 0.1) is 0 Å². The first-order chi connectivity index (χ1) is 12.9. The van der Waals surface area contributed by atoms with E-state index < -0.39 is 0 Å². The van der Waals surface area contributed by atoms with Crippen LogP contribution in [0.5, 0.6) is 5.75 Å². The molecule has 0 aliphatic carbocycles. The van der Waals surface area contributed by atoms with Crippen LogP contribution in [0.25, 0.3) is 11.4 Å². The molecule has 1 atom stereocenters. The van der Waals surface area contributed by atoms with Crippen LogP contribution in [0.2, 0.25) is 0 Å². The number of rotatable bonds is 7. The summed E-state index contributed by atoms with van der Waals surface area (Å²) in [7, 11) is 0. The van der Waals surface area contributed by atoms with E-state index in [1.54, 1.807) is 0 Å². The molecule has 2 heterocycles. The summed E-state index contributed by atoms with van der Waals surface area (Å²) in [5.41, 5.74) is 2.07. The van der Waals surface area contributed by atoms with Crippen molar-refractivity contribution in [3.05, 3.63) is 66.1 Å². The molecule has 0 radical (unpaired) electrons. The number of benzene rings is 2. The van der Waals surface area contributed by atoms with Crippen LogP contribution in [-0.2, 0) is 13.0 Å². The van der Waals surface area contributed by atoms with E-state index in [-0.39, 0.29) is 12.4 Å². The maximum absolute atomic E-state index is 5.77. The minimum absolute atomic E-state index is 0. The molecule has 1 aromatic heterocycles. The molecule has 1 N–H and O–H groups in total. The topological polar surface area (TPSA) is 60.2 Å². The Morgan fingerprint density at radius 2 is 1.89 bits per heavy atom. The minimum atomic E-state index is 0. The van der Waals surface area contributed by atoms with E-state index in [1.807, 2.05) is 54.6 Å². The van der Waals surface area contributed by atoms with Gasteiger partial charge in [-0.25, -0.2) is 0 Å². The largest absolute Gasteiger partial charge is 0.489 e. The van der Waals surface area contributed by atoms with Gasteiger partial charge in [0.25, 0.3) is 0 Å². The van der Waals surface area contributed by atoms with Gasteiger partial charge in [0, 0.05) is 12.0 Å². The highest BCUT2D eigenvalue weighted by Gasteiger charge is 2.16. The Labute approximate surface area is 165 Å². The Hall–Kier alpha value is -2.37. The second-order valence-electron chi connectivity index (χ2n) is 6.71. The fourth-order valence-corrected chi connectivity index (χ4v) is 3.20. The van der Waals surface area contributed by atoms with Gasteiger partial charge in [-0.1, -0.05) is 47.6 Å². The second kappa shape index (κ2) is 9.53. The predicted octanol–water partition coefficient (Wildman–Crippen LogP) is 4.28. The zero-order valence-electron chi connectivity index (χ0n) is 15.1. The average molecular weight is 386 g/mol. The van der Waals surface area contributed by atoms with E-state index in [4.69, 9.17) is 9.26 Å². The molecule has 1 unspecified atom stereocenters. The lowest BCUT2D eigenvalue weighted by Crippen LogP contribution is -2.09. The summed E-state index contributed by atoms with van der Waals surface area (Å²) >= 11 is 0. The van der Waals surface area contributed by atoms with Crippen molar-refractivity contribution in [2.45, 2.75) is 25.9 Å². The first kappa shape index (κ1) is 19.4. The third-order valence-electron chi connectivity index (χ3n) is 4.76. The van der Waals surface area contributed by atoms with Gasteiger partial charge in [-0.3, -0.25) is 0 Å². The first-order valence-corrected chi connectivity index (χ1v) is 9.17. The Morgan fingerprint density at radius 1 is 1.07 bits per heavy atom. The van der Waals surface area contributed by atoms with Crippen molar-refractivity contribution in [3.8, 4) is 17.1 Å². The van der Waals surface area contributed by atoms with Gasteiger partial charge in [0.2, 0.25) is 11.7 Å². The predicted molar refractivity (Wildman–Crippen MR) is 107 cm³/mol. The van der Waals surface area contributed by atoms with Crippen LogP contribution in [0.4, 0.5) is 0 Å². The van der Waals surface area contributed by atoms with Crippen LogP contribution in [0.3, 0.4) is 0 Å². The monoisotopic (exact) mass is 385 g/mol. The standard InChI is InChI=1S/C21H23N3O2.ClH/c1-2-4-19(5-3-1)25-15-17-6-9-18(10-7-17)21-23-20(26-24-21)11-8-16-12-13-22-14-16;/h1-7,9-10,16,22H,8,11-15H2;1H. The number of para-hydroxylation sites is 1. The van der Waals surface area contributed by atoms with Crippen molar-refractivity contribution < 1.29 is 9.26 Å². The molecule has 1 aliphatic heterocycles. The molecule has 1 fully saturated rings. The molecule has 0 bridgehead atoms. The fourth-order valence-electron chi connectivity index (χ4n) is 3.20. The van der Waals surface area contributed by atoms with E-state index in [2.05, 4.69) is 15.5 Å². The highest BCUT2D eigenvalue weighted by molar-refractivity contribution is 5.85. The smallest absolute Gasteiger partial charge is 0.226 e. The van der Waals surface area contributed by atoms with Gasteiger partial charge < -0.3 is 14.6 Å². The van der Waals surface area contributed by atoms with E-state index in [1.165, 1.54) is 6.42 Å². The van der Waals surface area contributed by atoms with Crippen molar-refractivity contribution in [1.29, 1.82) is 0 Å². The Bertz CT molecular complexity index is 815. The third-order valence-corrected chi connectivity index (χ3v) is 4.76. The molecule has 27 heavy (non-hydrogen) atoms. The van der Waals surface area contributed by atoms with Crippen LogP contribution in [0.1, 0.15) is 24.3 Å². The summed E-state index contributed by atoms with van der Waals surface area (Å²) in [6, 6.07) is 17.9. The van der Waals surface area contributed by atoms with Crippen LogP contribution < -0.4 is 10.1 Å². The molecular weight excluding hydrogens is 362 g/mol. The quantitative estimate of drug-likeness (QED) is 0.657. The van der Waals surface area contributed by atoms with Crippen molar-refractivity contribution >= 4 is 12.4 Å². The number of hydrogen-bond donors (Lipinski definition) is 1. The van der Waals surface area contributed by atoms with Crippen molar-refractivity contribution in [2.75, 3.05) is 13.1 Å². The Balaban J connectivity index is 0.00000210. The molecule has 1 saturated heterocycles. The van der Waals surface area contributed by atoms with E-state index in [0.29, 0.717) is 12.4 Å². The van der Waals surface area contributed by atoms with Gasteiger partial charge in [-0.2, -0.15) is 4.98 Å². The lowest BCUT2D eigenvalue weighted by atomic mass is 10.0. The Kier molecular flexibility index (Phi) is 6.85. The van der Waals surface area contributed by atoms with Crippen LogP contribution >= 0.6 is 12.4 Å².